The second-order valence-electron chi connectivity index (χ2n) is 7.33. The Labute approximate surface area is 175 Å². The van der Waals surface area contributed by atoms with E-state index in [0.29, 0.717) is 21.7 Å². The van der Waals surface area contributed by atoms with Crippen LogP contribution in [0, 0.1) is 5.92 Å². The van der Waals surface area contributed by atoms with Crippen LogP contribution in [0.15, 0.2) is 60.1 Å². The topological polar surface area (TPSA) is 76.4 Å². The van der Waals surface area contributed by atoms with E-state index >= 15 is 0 Å². The van der Waals surface area contributed by atoms with E-state index in [1.807, 2.05) is 26.0 Å². The molecule has 0 amide bonds. The molecule has 29 heavy (non-hydrogen) atoms. The summed E-state index contributed by atoms with van der Waals surface area (Å²) in [6.45, 7) is 3.73. The number of carboxylic acid groups (broad SMARTS) is 1. The Morgan fingerprint density at radius 1 is 1.14 bits per heavy atom. The van der Waals surface area contributed by atoms with E-state index in [-0.39, 0.29) is 5.92 Å². The van der Waals surface area contributed by atoms with Gasteiger partial charge in [-0.25, -0.2) is 13.2 Å². The Kier molecular flexibility index (Phi) is 5.61. The summed E-state index contributed by atoms with van der Waals surface area (Å²) in [6, 6.07) is 14.1. The number of hydrogen-bond donors (Lipinski definition) is 1. The third kappa shape index (κ3) is 3.82. The number of carbonyl (C=O) groups is 1. The van der Waals surface area contributed by atoms with Gasteiger partial charge in [-0.3, -0.25) is 0 Å². The van der Waals surface area contributed by atoms with Gasteiger partial charge in [0.25, 0.3) is 0 Å². The maximum absolute atomic E-state index is 12.7. The predicted molar refractivity (Wildman–Crippen MR) is 117 cm³/mol. The van der Waals surface area contributed by atoms with Crippen molar-refractivity contribution >= 4 is 44.4 Å². The summed E-state index contributed by atoms with van der Waals surface area (Å²) in [5.41, 5.74) is 0.655. The molecule has 5 nitrogen and oxygen atoms in total. The van der Waals surface area contributed by atoms with Gasteiger partial charge >= 0.3 is 5.97 Å². The molecule has 0 aliphatic rings. The zero-order valence-corrected chi connectivity index (χ0v) is 17.9. The number of halogens is 1. The molecule has 1 unspecified atom stereocenters. The van der Waals surface area contributed by atoms with E-state index in [4.69, 9.17) is 11.6 Å². The second-order valence-corrected chi connectivity index (χ2v) is 9.70. The number of fused-ring (bicyclic) bond motifs is 1. The SMILES string of the molecule is CC(C)C(C(=O)O)(c1ccc(Cl)cc1)n1ccc2c(C=CS(C)(=O)=O)cccc21. The van der Waals surface area contributed by atoms with Crippen LogP contribution in [0.1, 0.15) is 25.0 Å². The van der Waals surface area contributed by atoms with Crippen molar-refractivity contribution in [2.45, 2.75) is 19.4 Å². The van der Waals surface area contributed by atoms with E-state index < -0.39 is 21.3 Å². The van der Waals surface area contributed by atoms with Gasteiger partial charge in [-0.05, 0) is 47.4 Å². The molecule has 2 aromatic carbocycles. The van der Waals surface area contributed by atoms with Gasteiger partial charge in [0.1, 0.15) is 0 Å². The Bertz CT molecular complexity index is 1190. The summed E-state index contributed by atoms with van der Waals surface area (Å²) in [6.07, 6.45) is 4.40. The average molecular weight is 432 g/mol. The fourth-order valence-corrected chi connectivity index (χ4v) is 4.29. The first-order valence-electron chi connectivity index (χ1n) is 9.05. The quantitative estimate of drug-likeness (QED) is 0.608. The third-order valence-corrected chi connectivity index (χ3v) is 5.97. The minimum atomic E-state index is -3.28. The van der Waals surface area contributed by atoms with E-state index in [2.05, 4.69) is 0 Å². The minimum Gasteiger partial charge on any atom is -0.479 e. The van der Waals surface area contributed by atoms with Crippen LogP contribution < -0.4 is 0 Å². The van der Waals surface area contributed by atoms with Crippen molar-refractivity contribution in [2.24, 2.45) is 5.92 Å². The number of benzene rings is 2. The molecule has 0 spiro atoms. The maximum atomic E-state index is 12.7. The molecule has 3 rings (SSSR count). The number of aromatic nitrogens is 1. The Morgan fingerprint density at radius 3 is 2.34 bits per heavy atom. The highest BCUT2D eigenvalue weighted by molar-refractivity contribution is 7.93. The first-order chi connectivity index (χ1) is 13.6. The number of carboxylic acids is 1. The van der Waals surface area contributed by atoms with Gasteiger partial charge < -0.3 is 9.67 Å². The van der Waals surface area contributed by atoms with Crippen molar-refractivity contribution in [1.29, 1.82) is 0 Å². The van der Waals surface area contributed by atoms with Crippen molar-refractivity contribution < 1.29 is 18.3 Å². The van der Waals surface area contributed by atoms with Crippen LogP contribution in [0.4, 0.5) is 0 Å². The lowest BCUT2D eigenvalue weighted by Crippen LogP contribution is -2.47. The van der Waals surface area contributed by atoms with Crippen LogP contribution in [0.3, 0.4) is 0 Å². The zero-order chi connectivity index (χ0) is 21.4. The second kappa shape index (κ2) is 7.69. The van der Waals surface area contributed by atoms with Gasteiger partial charge in [0, 0.05) is 33.8 Å². The van der Waals surface area contributed by atoms with Crippen molar-refractivity contribution in [2.75, 3.05) is 6.26 Å². The van der Waals surface area contributed by atoms with E-state index in [1.165, 1.54) is 6.08 Å². The molecule has 0 fully saturated rings. The molecule has 0 aliphatic heterocycles. The van der Waals surface area contributed by atoms with E-state index in [1.54, 1.807) is 47.2 Å². The Hall–Kier alpha value is -2.57. The molecule has 3 aromatic rings. The molecular formula is C22H22ClNO4S. The van der Waals surface area contributed by atoms with Crippen LogP contribution in [-0.2, 0) is 20.2 Å². The number of hydrogen-bond acceptors (Lipinski definition) is 3. The van der Waals surface area contributed by atoms with Crippen LogP contribution in [0.2, 0.25) is 5.02 Å². The molecule has 1 heterocycles. The van der Waals surface area contributed by atoms with Gasteiger partial charge in [0.15, 0.2) is 15.4 Å². The molecule has 0 bridgehead atoms. The smallest absolute Gasteiger partial charge is 0.334 e. The summed E-state index contributed by atoms with van der Waals surface area (Å²) in [5, 5.41) is 12.8. The molecule has 1 aromatic heterocycles. The van der Waals surface area contributed by atoms with Gasteiger partial charge in [0.05, 0.1) is 0 Å². The van der Waals surface area contributed by atoms with Crippen molar-refractivity contribution in [1.82, 2.24) is 4.57 Å². The minimum absolute atomic E-state index is 0.285. The van der Waals surface area contributed by atoms with Gasteiger partial charge in [-0.15, -0.1) is 0 Å². The zero-order valence-electron chi connectivity index (χ0n) is 16.3. The van der Waals surface area contributed by atoms with E-state index in [9.17, 15) is 18.3 Å². The molecule has 1 N–H and O–H groups in total. The summed E-state index contributed by atoms with van der Waals surface area (Å²) in [7, 11) is -3.28. The molecule has 1 atom stereocenters. The lowest BCUT2D eigenvalue weighted by Gasteiger charge is -2.36. The summed E-state index contributed by atoms with van der Waals surface area (Å²) in [4.78, 5) is 12.7. The molecule has 7 heteroatoms. The predicted octanol–water partition coefficient (Wildman–Crippen LogP) is 4.79. The number of nitrogens with zero attached hydrogens (tertiary/aromatic N) is 1. The normalized spacial score (nSPS) is 14.5. The number of rotatable bonds is 6. The highest BCUT2D eigenvalue weighted by Gasteiger charge is 2.46. The molecular weight excluding hydrogens is 410 g/mol. The summed E-state index contributed by atoms with van der Waals surface area (Å²) < 4.78 is 24.8. The van der Waals surface area contributed by atoms with Crippen LogP contribution in [0.25, 0.3) is 17.0 Å². The van der Waals surface area contributed by atoms with Gasteiger partial charge in [0.2, 0.25) is 0 Å². The third-order valence-electron chi connectivity index (χ3n) is 5.09. The van der Waals surface area contributed by atoms with E-state index in [0.717, 1.165) is 17.1 Å². The highest BCUT2D eigenvalue weighted by Crippen LogP contribution is 2.39. The van der Waals surface area contributed by atoms with Gasteiger partial charge in [-0.2, -0.15) is 0 Å². The fourth-order valence-electron chi connectivity index (χ4n) is 3.77. The monoisotopic (exact) mass is 431 g/mol. The number of aliphatic carboxylic acids is 1. The number of sulfone groups is 1. The molecule has 0 radical (unpaired) electrons. The fraction of sp³-hybridized carbons (Fsp3) is 0.227. The first kappa shape index (κ1) is 21.1. The first-order valence-corrected chi connectivity index (χ1v) is 11.4. The standard InChI is InChI=1S/C22H22ClNO4S/c1-15(2)22(21(25)26,17-7-9-18(23)10-8-17)24-13-11-19-16(5-4-6-20(19)24)12-14-29(3,27)28/h4-15H,1-3H3,(H,25,26). The van der Waals surface area contributed by atoms with Crippen LogP contribution >= 0.6 is 11.6 Å². The summed E-state index contributed by atoms with van der Waals surface area (Å²) >= 11 is 6.02. The Balaban J connectivity index is 2.31. The average Bonchev–Trinajstić information content (AvgIpc) is 3.06. The van der Waals surface area contributed by atoms with Crippen molar-refractivity contribution in [3.8, 4) is 0 Å². The van der Waals surface area contributed by atoms with Crippen LogP contribution in [-0.4, -0.2) is 30.3 Å². The van der Waals surface area contributed by atoms with Gasteiger partial charge in [-0.1, -0.05) is 49.7 Å². The highest BCUT2D eigenvalue weighted by atomic mass is 35.5. The lowest BCUT2D eigenvalue weighted by atomic mass is 9.79. The van der Waals surface area contributed by atoms with Crippen LogP contribution in [0.5, 0.6) is 0 Å². The Morgan fingerprint density at radius 2 is 1.79 bits per heavy atom. The van der Waals surface area contributed by atoms with Crippen molar-refractivity contribution in [3.63, 3.8) is 0 Å². The molecule has 0 saturated carbocycles. The maximum Gasteiger partial charge on any atom is 0.334 e. The molecule has 152 valence electrons. The molecule has 0 aliphatic carbocycles. The lowest BCUT2D eigenvalue weighted by molar-refractivity contribution is -0.147. The summed E-state index contributed by atoms with van der Waals surface area (Å²) in [5.74, 6) is -1.27. The van der Waals surface area contributed by atoms with Crippen molar-refractivity contribution in [3.05, 3.63) is 76.3 Å². The molecule has 0 saturated heterocycles. The largest absolute Gasteiger partial charge is 0.479 e.